The summed E-state index contributed by atoms with van der Waals surface area (Å²) in [5.41, 5.74) is 10.5. The molecule has 0 atom stereocenters. The zero-order chi connectivity index (χ0) is 23.4. The van der Waals surface area contributed by atoms with E-state index >= 15 is 0 Å². The average molecular weight is 445 g/mol. The number of halogens is 2. The third-order valence-electron chi connectivity index (χ3n) is 5.80. The van der Waals surface area contributed by atoms with Crippen molar-refractivity contribution < 1.29 is 18.4 Å². The van der Waals surface area contributed by atoms with Crippen molar-refractivity contribution in [1.82, 2.24) is 0 Å². The Morgan fingerprint density at radius 1 is 0.625 bits per heavy atom. The summed E-state index contributed by atoms with van der Waals surface area (Å²) >= 11 is 0. The fourth-order valence-electron chi connectivity index (χ4n) is 3.83. The number of benzene rings is 2. The zero-order valence-corrected chi connectivity index (χ0v) is 18.6. The summed E-state index contributed by atoms with van der Waals surface area (Å²) < 4.78 is 26.6. The molecule has 2 aromatic rings. The summed E-state index contributed by atoms with van der Waals surface area (Å²) in [5, 5.41) is 0. The molecule has 0 unspecified atom stereocenters. The first-order valence-corrected chi connectivity index (χ1v) is 11.5. The average Bonchev–Trinajstić information content (AvgIpc) is 2.80. The second-order valence-electron chi connectivity index (χ2n) is 8.36. The number of unbranched alkanes of at least 4 members (excludes halogenated alkanes) is 8. The molecule has 6 heteroatoms. The Labute approximate surface area is 189 Å². The van der Waals surface area contributed by atoms with Crippen LogP contribution < -0.4 is 11.5 Å². The van der Waals surface area contributed by atoms with Crippen molar-refractivity contribution in [2.45, 2.75) is 69.7 Å². The molecule has 0 aliphatic heterocycles. The highest BCUT2D eigenvalue weighted by Crippen LogP contribution is 2.24. The van der Waals surface area contributed by atoms with E-state index in [2.05, 4.69) is 0 Å². The van der Waals surface area contributed by atoms with Gasteiger partial charge in [-0.25, -0.2) is 8.78 Å². The van der Waals surface area contributed by atoms with Crippen molar-refractivity contribution in [1.29, 1.82) is 0 Å². The molecule has 0 aromatic heterocycles. The number of carbonyl (C=O) groups is 2. The number of hydrogen-bond acceptors (Lipinski definition) is 4. The van der Waals surface area contributed by atoms with Gasteiger partial charge in [-0.3, -0.25) is 9.59 Å². The first kappa shape index (κ1) is 25.8. The highest BCUT2D eigenvalue weighted by molar-refractivity contribution is 6.23. The maximum atomic E-state index is 13.3. The van der Waals surface area contributed by atoms with Gasteiger partial charge in [-0.15, -0.1) is 0 Å². The van der Waals surface area contributed by atoms with E-state index in [1.807, 2.05) is 0 Å². The summed E-state index contributed by atoms with van der Waals surface area (Å²) in [6.07, 6.45) is 9.52. The van der Waals surface area contributed by atoms with Crippen molar-refractivity contribution in [2.75, 3.05) is 6.54 Å². The smallest absolute Gasteiger partial charge is 0.190 e. The van der Waals surface area contributed by atoms with E-state index in [9.17, 15) is 18.4 Å². The minimum absolute atomic E-state index is 0.177. The highest BCUT2D eigenvalue weighted by atomic mass is 19.1. The van der Waals surface area contributed by atoms with E-state index in [1.54, 1.807) is 0 Å². The van der Waals surface area contributed by atoms with E-state index < -0.39 is 28.7 Å². The van der Waals surface area contributed by atoms with Gasteiger partial charge in [0.15, 0.2) is 11.6 Å². The number of hydrogen-bond donors (Lipinski definition) is 2. The summed E-state index contributed by atoms with van der Waals surface area (Å²) in [6, 6.07) is 10.0. The molecule has 4 nitrogen and oxygen atoms in total. The number of carbonyl (C=O) groups excluding carboxylic acids is 2. The van der Waals surface area contributed by atoms with Crippen LogP contribution in [0, 0.1) is 11.6 Å². The van der Waals surface area contributed by atoms with Gasteiger partial charge in [0.05, 0.1) is 0 Å². The Morgan fingerprint density at radius 2 is 0.969 bits per heavy atom. The molecule has 2 rings (SSSR count). The third-order valence-corrected chi connectivity index (χ3v) is 5.80. The van der Waals surface area contributed by atoms with Gasteiger partial charge < -0.3 is 11.5 Å². The first-order chi connectivity index (χ1) is 15.4. The van der Waals surface area contributed by atoms with Gasteiger partial charge in [0, 0.05) is 11.1 Å². The van der Waals surface area contributed by atoms with Crippen LogP contribution in [0.3, 0.4) is 0 Å². The van der Waals surface area contributed by atoms with Crippen molar-refractivity contribution in [3.8, 4) is 0 Å². The molecular formula is C26H34F2N2O2. The lowest BCUT2D eigenvalue weighted by Crippen LogP contribution is -2.55. The lowest BCUT2D eigenvalue weighted by Gasteiger charge is -2.27. The van der Waals surface area contributed by atoms with Crippen LogP contribution in [-0.4, -0.2) is 23.7 Å². The number of nitrogens with two attached hydrogens (primary N) is 2. The Balaban J connectivity index is 1.99. The minimum atomic E-state index is -1.78. The van der Waals surface area contributed by atoms with Gasteiger partial charge in [0.25, 0.3) is 0 Å². The van der Waals surface area contributed by atoms with Crippen LogP contribution in [0.25, 0.3) is 0 Å². The number of rotatable bonds is 15. The molecule has 0 heterocycles. The monoisotopic (exact) mass is 444 g/mol. The van der Waals surface area contributed by atoms with Crippen LogP contribution in [0.1, 0.15) is 84.9 Å². The molecule has 0 fully saturated rings. The van der Waals surface area contributed by atoms with Crippen LogP contribution in [0.5, 0.6) is 0 Å². The lowest BCUT2D eigenvalue weighted by molar-refractivity contribution is 0.0755. The van der Waals surface area contributed by atoms with E-state index in [4.69, 9.17) is 11.5 Å². The maximum absolute atomic E-state index is 13.3. The molecule has 174 valence electrons. The highest BCUT2D eigenvalue weighted by Gasteiger charge is 2.42. The molecule has 0 amide bonds. The molecule has 0 aliphatic carbocycles. The normalized spacial score (nSPS) is 11.5. The largest absolute Gasteiger partial charge is 0.330 e. The zero-order valence-electron chi connectivity index (χ0n) is 18.6. The molecule has 4 N–H and O–H groups in total. The van der Waals surface area contributed by atoms with Crippen LogP contribution in [0.2, 0.25) is 0 Å². The third kappa shape index (κ3) is 7.61. The van der Waals surface area contributed by atoms with Crippen molar-refractivity contribution >= 4 is 11.6 Å². The van der Waals surface area contributed by atoms with Gasteiger partial charge in [-0.2, -0.15) is 0 Å². The number of Topliss-reactive ketones (excluding diaryl/α,β-unsaturated/α-hetero) is 2. The van der Waals surface area contributed by atoms with Crippen LogP contribution >= 0.6 is 0 Å². The quantitative estimate of drug-likeness (QED) is 0.213. The van der Waals surface area contributed by atoms with Gasteiger partial charge >= 0.3 is 0 Å². The van der Waals surface area contributed by atoms with E-state index in [0.717, 1.165) is 38.6 Å². The molecular weight excluding hydrogens is 410 g/mol. The van der Waals surface area contributed by atoms with Gasteiger partial charge in [0.2, 0.25) is 0 Å². The summed E-state index contributed by atoms with van der Waals surface area (Å²) in [4.78, 5) is 26.4. The molecule has 0 spiro atoms. The standard InChI is InChI=1S/C26H34F2N2O2/c27-22-14-10-20(11-15-22)24(31)26(30,25(32)21-12-16-23(28)17-13-21)18-8-6-4-2-1-3-5-7-9-19-29/h10-17H,1-9,18-19,29-30H2. The molecule has 32 heavy (non-hydrogen) atoms. The van der Waals surface area contributed by atoms with Crippen LogP contribution in [0.15, 0.2) is 48.5 Å². The van der Waals surface area contributed by atoms with Crippen molar-refractivity contribution in [2.24, 2.45) is 11.5 Å². The molecule has 0 saturated carbocycles. The van der Waals surface area contributed by atoms with E-state index in [-0.39, 0.29) is 17.5 Å². The van der Waals surface area contributed by atoms with Crippen molar-refractivity contribution in [3.63, 3.8) is 0 Å². The minimum Gasteiger partial charge on any atom is -0.330 e. The SMILES string of the molecule is NCCCCCCCCCCCC(N)(C(=O)c1ccc(F)cc1)C(=O)c1ccc(F)cc1. The van der Waals surface area contributed by atoms with E-state index in [0.29, 0.717) is 6.42 Å². The maximum Gasteiger partial charge on any atom is 0.190 e. The Hall–Kier alpha value is -2.44. The Kier molecular flexibility index (Phi) is 10.6. The fraction of sp³-hybridized carbons (Fsp3) is 0.462. The molecule has 0 radical (unpaired) electrons. The molecule has 2 aromatic carbocycles. The predicted octanol–water partition coefficient (Wildman–Crippen LogP) is 5.59. The first-order valence-electron chi connectivity index (χ1n) is 11.5. The second kappa shape index (κ2) is 13.2. The Bertz CT molecular complexity index is 794. The van der Waals surface area contributed by atoms with Gasteiger partial charge in [-0.1, -0.05) is 51.4 Å². The predicted molar refractivity (Wildman–Crippen MR) is 124 cm³/mol. The number of ketones is 2. The topological polar surface area (TPSA) is 86.2 Å². The fourth-order valence-corrected chi connectivity index (χ4v) is 3.83. The summed E-state index contributed by atoms with van der Waals surface area (Å²) in [6.45, 7) is 0.744. The van der Waals surface area contributed by atoms with Crippen molar-refractivity contribution in [3.05, 3.63) is 71.3 Å². The lowest BCUT2D eigenvalue weighted by atomic mass is 9.79. The van der Waals surface area contributed by atoms with Gasteiger partial charge in [-0.05, 0) is 67.9 Å². The second-order valence-corrected chi connectivity index (χ2v) is 8.36. The summed E-state index contributed by atoms with van der Waals surface area (Å²) in [5.74, 6) is -2.05. The van der Waals surface area contributed by atoms with Gasteiger partial charge in [0.1, 0.15) is 17.2 Å². The molecule has 0 saturated heterocycles. The Morgan fingerprint density at radius 3 is 1.34 bits per heavy atom. The molecule has 0 bridgehead atoms. The molecule has 0 aliphatic rings. The van der Waals surface area contributed by atoms with E-state index in [1.165, 1.54) is 67.8 Å². The summed E-state index contributed by atoms with van der Waals surface area (Å²) in [7, 11) is 0. The van der Waals surface area contributed by atoms with Crippen LogP contribution in [0.4, 0.5) is 8.78 Å². The van der Waals surface area contributed by atoms with Crippen LogP contribution in [-0.2, 0) is 0 Å².